The van der Waals surface area contributed by atoms with Crippen LogP contribution in [0, 0.1) is 0 Å². The van der Waals surface area contributed by atoms with Gasteiger partial charge in [-0.1, -0.05) is 64.7 Å². The van der Waals surface area contributed by atoms with E-state index in [0.717, 1.165) is 19.5 Å². The first kappa shape index (κ1) is 28.1. The van der Waals surface area contributed by atoms with Gasteiger partial charge in [0, 0.05) is 12.8 Å². The van der Waals surface area contributed by atoms with Gasteiger partial charge in [-0.3, -0.25) is 9.59 Å². The fourth-order valence-corrected chi connectivity index (χ4v) is 2.64. The molecule has 0 saturated carbocycles. The zero-order valence-electron chi connectivity index (χ0n) is 17.5. The van der Waals surface area contributed by atoms with Crippen LogP contribution in [0.25, 0.3) is 0 Å². The zero-order valence-corrected chi connectivity index (χ0v) is 17.5. The molecule has 0 aromatic rings. The Kier molecular flexibility index (Phi) is 25.8. The summed E-state index contributed by atoms with van der Waals surface area (Å²) in [7, 11) is 0. The van der Waals surface area contributed by atoms with E-state index in [4.69, 9.17) is 15.9 Å². The van der Waals surface area contributed by atoms with Crippen molar-refractivity contribution in [1.29, 1.82) is 0 Å². The lowest BCUT2D eigenvalue weighted by molar-refractivity contribution is -0.139. The normalized spacial score (nSPS) is 10.3. The van der Waals surface area contributed by atoms with Gasteiger partial charge in [-0.2, -0.15) is 0 Å². The first-order valence-electron chi connectivity index (χ1n) is 10.9. The number of nitrogens with one attached hydrogen (secondary N) is 1. The van der Waals surface area contributed by atoms with Crippen LogP contribution in [0.4, 0.5) is 0 Å². The summed E-state index contributed by atoms with van der Waals surface area (Å²) in [6.07, 6.45) is 16.3. The highest BCUT2D eigenvalue weighted by Gasteiger charge is 1.99. The van der Waals surface area contributed by atoms with Crippen molar-refractivity contribution in [3.63, 3.8) is 0 Å². The number of carboxylic acids is 2. The van der Waals surface area contributed by atoms with Gasteiger partial charge in [0.25, 0.3) is 0 Å². The van der Waals surface area contributed by atoms with Crippen LogP contribution < -0.4 is 11.1 Å². The third-order valence-electron chi connectivity index (χ3n) is 4.30. The van der Waals surface area contributed by atoms with E-state index >= 15 is 0 Å². The summed E-state index contributed by atoms with van der Waals surface area (Å²) in [6.45, 7) is 5.36. The number of aliphatic carboxylic acids is 2. The van der Waals surface area contributed by atoms with Crippen molar-refractivity contribution in [3.8, 4) is 0 Å². The first-order chi connectivity index (χ1) is 13.0. The Balaban J connectivity index is 0. The smallest absolute Gasteiger partial charge is 0.303 e. The third-order valence-corrected chi connectivity index (χ3v) is 4.30. The highest BCUT2D eigenvalue weighted by Crippen LogP contribution is 2.10. The quantitative estimate of drug-likeness (QED) is 0.241. The number of hydrogen-bond acceptors (Lipinski definition) is 4. The van der Waals surface area contributed by atoms with Gasteiger partial charge in [0.2, 0.25) is 0 Å². The minimum Gasteiger partial charge on any atom is -0.481 e. The summed E-state index contributed by atoms with van der Waals surface area (Å²) in [5, 5.41) is 19.7. The maximum absolute atomic E-state index is 9.90. The lowest BCUT2D eigenvalue weighted by atomic mass is 10.1. The molecule has 6 heteroatoms. The average Bonchev–Trinajstić information content (AvgIpc) is 2.63. The second-order valence-corrected chi connectivity index (χ2v) is 7.07. The maximum atomic E-state index is 9.90. The molecule has 0 heterocycles. The SMILES string of the molecule is CCCCCCCCCCCCNCCCN.O=C(O)CCCCC(=O)O. The van der Waals surface area contributed by atoms with Gasteiger partial charge in [-0.15, -0.1) is 0 Å². The van der Waals surface area contributed by atoms with E-state index in [-0.39, 0.29) is 12.8 Å². The van der Waals surface area contributed by atoms with Crippen molar-refractivity contribution >= 4 is 11.9 Å². The molecule has 0 atom stereocenters. The van der Waals surface area contributed by atoms with Gasteiger partial charge in [-0.05, 0) is 45.3 Å². The van der Waals surface area contributed by atoms with Crippen LogP contribution in [0.15, 0.2) is 0 Å². The molecule has 162 valence electrons. The molecule has 0 bridgehead atoms. The number of rotatable bonds is 19. The molecule has 0 aromatic heterocycles. The largest absolute Gasteiger partial charge is 0.481 e. The van der Waals surface area contributed by atoms with Crippen LogP contribution in [-0.4, -0.2) is 41.8 Å². The molecule has 0 unspecified atom stereocenters. The average molecular weight is 389 g/mol. The highest BCUT2D eigenvalue weighted by molar-refractivity contribution is 5.67. The molecule has 5 N–H and O–H groups in total. The number of nitrogens with two attached hydrogens (primary N) is 1. The molecule has 0 aliphatic rings. The summed E-state index contributed by atoms with van der Waals surface area (Å²) in [6, 6.07) is 0. The molecular weight excluding hydrogens is 344 g/mol. The molecule has 0 saturated heterocycles. The standard InChI is InChI=1S/C15H34N2.C6H10O4/c1-2-3-4-5-6-7-8-9-10-11-14-17-15-12-13-16;7-5(8)3-1-2-4-6(9)10/h17H,2-16H2,1H3;1-4H2,(H,7,8)(H,9,10). The van der Waals surface area contributed by atoms with Crippen LogP contribution >= 0.6 is 0 Å². The molecule has 0 fully saturated rings. The van der Waals surface area contributed by atoms with E-state index in [1.54, 1.807) is 0 Å². The molecule has 0 amide bonds. The molecule has 6 nitrogen and oxygen atoms in total. The molecular formula is C21H44N2O4. The van der Waals surface area contributed by atoms with Gasteiger partial charge in [0.15, 0.2) is 0 Å². The fraction of sp³-hybridized carbons (Fsp3) is 0.905. The lowest BCUT2D eigenvalue weighted by Gasteiger charge is -2.04. The van der Waals surface area contributed by atoms with Gasteiger partial charge < -0.3 is 21.3 Å². The Labute approximate surface area is 166 Å². The molecule has 27 heavy (non-hydrogen) atoms. The van der Waals surface area contributed by atoms with Crippen molar-refractivity contribution in [1.82, 2.24) is 5.32 Å². The van der Waals surface area contributed by atoms with E-state index in [1.165, 1.54) is 70.8 Å². The Bertz CT molecular complexity index is 295. The van der Waals surface area contributed by atoms with Crippen molar-refractivity contribution in [2.24, 2.45) is 5.73 Å². The fourth-order valence-electron chi connectivity index (χ4n) is 2.64. The summed E-state index contributed by atoms with van der Waals surface area (Å²) in [5.74, 6) is -1.74. The maximum Gasteiger partial charge on any atom is 0.303 e. The van der Waals surface area contributed by atoms with Crippen LogP contribution in [0.3, 0.4) is 0 Å². The van der Waals surface area contributed by atoms with Gasteiger partial charge >= 0.3 is 11.9 Å². The lowest BCUT2D eigenvalue weighted by Crippen LogP contribution is -2.19. The van der Waals surface area contributed by atoms with E-state index in [0.29, 0.717) is 12.8 Å². The second-order valence-electron chi connectivity index (χ2n) is 7.07. The minimum atomic E-state index is -0.870. The summed E-state index contributed by atoms with van der Waals surface area (Å²) >= 11 is 0. The van der Waals surface area contributed by atoms with E-state index < -0.39 is 11.9 Å². The number of carboxylic acid groups (broad SMARTS) is 2. The van der Waals surface area contributed by atoms with Crippen LogP contribution in [0.2, 0.25) is 0 Å². The van der Waals surface area contributed by atoms with Crippen molar-refractivity contribution in [2.45, 2.75) is 103 Å². The zero-order chi connectivity index (χ0) is 20.6. The predicted octanol–water partition coefficient (Wildman–Crippen LogP) is 4.56. The Morgan fingerprint density at radius 1 is 0.667 bits per heavy atom. The van der Waals surface area contributed by atoms with E-state index in [2.05, 4.69) is 12.2 Å². The van der Waals surface area contributed by atoms with E-state index in [9.17, 15) is 9.59 Å². The topological polar surface area (TPSA) is 113 Å². The monoisotopic (exact) mass is 388 g/mol. The minimum absolute atomic E-state index is 0.0628. The van der Waals surface area contributed by atoms with Gasteiger partial charge in [-0.25, -0.2) is 0 Å². The summed E-state index contributed by atoms with van der Waals surface area (Å²) < 4.78 is 0. The Hall–Kier alpha value is -1.14. The number of hydrogen-bond donors (Lipinski definition) is 4. The molecule has 0 spiro atoms. The van der Waals surface area contributed by atoms with Crippen molar-refractivity contribution in [3.05, 3.63) is 0 Å². The molecule has 0 aromatic carbocycles. The van der Waals surface area contributed by atoms with Crippen LogP contribution in [0.5, 0.6) is 0 Å². The van der Waals surface area contributed by atoms with Crippen molar-refractivity contribution in [2.75, 3.05) is 19.6 Å². The summed E-state index contributed by atoms with van der Waals surface area (Å²) in [4.78, 5) is 19.8. The molecule has 0 aliphatic carbocycles. The van der Waals surface area contributed by atoms with Gasteiger partial charge in [0.1, 0.15) is 0 Å². The second kappa shape index (κ2) is 24.9. The summed E-state index contributed by atoms with van der Waals surface area (Å²) in [5.41, 5.74) is 5.43. The predicted molar refractivity (Wildman–Crippen MR) is 112 cm³/mol. The van der Waals surface area contributed by atoms with E-state index in [1.807, 2.05) is 0 Å². The highest BCUT2D eigenvalue weighted by atomic mass is 16.4. The van der Waals surface area contributed by atoms with Crippen LogP contribution in [-0.2, 0) is 9.59 Å². The third kappa shape index (κ3) is 32.9. The molecule has 0 rings (SSSR count). The first-order valence-corrected chi connectivity index (χ1v) is 10.9. The number of carbonyl (C=O) groups is 2. The Morgan fingerprint density at radius 2 is 1.07 bits per heavy atom. The van der Waals surface area contributed by atoms with Crippen molar-refractivity contribution < 1.29 is 19.8 Å². The Morgan fingerprint density at radius 3 is 1.48 bits per heavy atom. The van der Waals surface area contributed by atoms with Gasteiger partial charge in [0.05, 0.1) is 0 Å². The van der Waals surface area contributed by atoms with Crippen LogP contribution in [0.1, 0.15) is 103 Å². The molecule has 0 aliphatic heterocycles. The molecule has 0 radical (unpaired) electrons. The number of unbranched alkanes of at least 4 members (excludes halogenated alkanes) is 10.